The summed E-state index contributed by atoms with van der Waals surface area (Å²) in [6.45, 7) is 4.70. The Hall–Kier alpha value is -0.680. The van der Waals surface area contributed by atoms with Crippen LogP contribution in [0.1, 0.15) is 31.3 Å². The van der Waals surface area contributed by atoms with E-state index in [2.05, 4.69) is 25.9 Å². The summed E-state index contributed by atoms with van der Waals surface area (Å²) in [5.74, 6) is 1.17. The van der Waals surface area contributed by atoms with Crippen LogP contribution in [-0.2, 0) is 10.3 Å². The summed E-state index contributed by atoms with van der Waals surface area (Å²) in [5.41, 5.74) is 6.29. The normalized spacial score (nSPS) is 25.8. The van der Waals surface area contributed by atoms with Gasteiger partial charge < -0.3 is 10.5 Å². The first kappa shape index (κ1) is 10.8. The molecule has 1 aromatic rings. The zero-order valence-corrected chi connectivity index (χ0v) is 10.5. The number of aryl methyl sites for hydroxylation is 1. The van der Waals surface area contributed by atoms with E-state index in [9.17, 15) is 0 Å². The van der Waals surface area contributed by atoms with Crippen LogP contribution >= 0.6 is 15.9 Å². The molecule has 2 rings (SSSR count). The molecule has 1 aliphatic rings. The van der Waals surface area contributed by atoms with Gasteiger partial charge in [0.15, 0.2) is 5.82 Å². The first-order chi connectivity index (χ1) is 7.03. The van der Waals surface area contributed by atoms with Crippen molar-refractivity contribution in [2.75, 3.05) is 12.3 Å². The van der Waals surface area contributed by atoms with Crippen molar-refractivity contribution in [1.82, 2.24) is 9.97 Å². The molecule has 2 heterocycles. The van der Waals surface area contributed by atoms with Gasteiger partial charge in [-0.15, -0.1) is 0 Å². The fraction of sp³-hybridized carbons (Fsp3) is 0.600. The first-order valence-electron chi connectivity index (χ1n) is 4.97. The molecule has 0 aromatic carbocycles. The standard InChI is InChI=1S/C10H14BrN3O/c1-6-7(11)8(12)14-9(13-6)10(2)4-3-5-15-10/h3-5H2,1-2H3,(H2,12,13,14). The van der Waals surface area contributed by atoms with E-state index in [-0.39, 0.29) is 5.60 Å². The van der Waals surface area contributed by atoms with Crippen molar-refractivity contribution >= 4 is 21.7 Å². The molecule has 2 N–H and O–H groups in total. The number of hydrogen-bond acceptors (Lipinski definition) is 4. The Morgan fingerprint density at radius 3 is 2.73 bits per heavy atom. The van der Waals surface area contributed by atoms with Crippen molar-refractivity contribution in [3.8, 4) is 0 Å². The van der Waals surface area contributed by atoms with Crippen LogP contribution in [-0.4, -0.2) is 16.6 Å². The fourth-order valence-electron chi connectivity index (χ4n) is 1.77. The highest BCUT2D eigenvalue weighted by Gasteiger charge is 2.35. The number of anilines is 1. The first-order valence-corrected chi connectivity index (χ1v) is 5.76. The Balaban J connectivity index is 2.45. The van der Waals surface area contributed by atoms with Gasteiger partial charge in [-0.05, 0) is 42.6 Å². The summed E-state index contributed by atoms with van der Waals surface area (Å²) >= 11 is 3.35. The maximum atomic E-state index is 5.79. The Kier molecular flexibility index (Phi) is 2.68. The van der Waals surface area contributed by atoms with Crippen LogP contribution in [0.2, 0.25) is 0 Å². The van der Waals surface area contributed by atoms with Gasteiger partial charge in [0.2, 0.25) is 0 Å². The van der Waals surface area contributed by atoms with Crippen LogP contribution in [0.3, 0.4) is 0 Å². The molecule has 1 atom stereocenters. The highest BCUT2D eigenvalue weighted by molar-refractivity contribution is 9.10. The van der Waals surface area contributed by atoms with Gasteiger partial charge in [-0.25, -0.2) is 9.97 Å². The van der Waals surface area contributed by atoms with Crippen molar-refractivity contribution in [2.24, 2.45) is 0 Å². The average molecular weight is 272 g/mol. The molecule has 82 valence electrons. The lowest BCUT2D eigenvalue weighted by Crippen LogP contribution is -2.24. The van der Waals surface area contributed by atoms with Crippen molar-refractivity contribution in [1.29, 1.82) is 0 Å². The molecule has 1 fully saturated rings. The molecule has 0 amide bonds. The van der Waals surface area contributed by atoms with Crippen molar-refractivity contribution in [2.45, 2.75) is 32.3 Å². The molecule has 0 radical (unpaired) electrons. The van der Waals surface area contributed by atoms with Gasteiger partial charge in [0, 0.05) is 6.61 Å². The van der Waals surface area contributed by atoms with Crippen LogP contribution < -0.4 is 5.73 Å². The van der Waals surface area contributed by atoms with Crippen LogP contribution in [0.25, 0.3) is 0 Å². The molecule has 1 saturated heterocycles. The number of aromatic nitrogens is 2. The predicted octanol–water partition coefficient (Wildman–Crippen LogP) is 2.16. The Bertz CT molecular complexity index is 365. The number of halogens is 1. The lowest BCUT2D eigenvalue weighted by atomic mass is 10.0. The Labute approximate surface area is 97.4 Å². The molecule has 0 aliphatic carbocycles. The third kappa shape index (κ3) is 1.86. The number of nitrogens with zero attached hydrogens (tertiary/aromatic N) is 2. The molecule has 15 heavy (non-hydrogen) atoms. The second-order valence-electron chi connectivity index (χ2n) is 4.01. The molecule has 5 heteroatoms. The number of hydrogen-bond donors (Lipinski definition) is 1. The largest absolute Gasteiger partial charge is 0.383 e. The quantitative estimate of drug-likeness (QED) is 0.851. The maximum Gasteiger partial charge on any atom is 0.162 e. The van der Waals surface area contributed by atoms with E-state index in [0.717, 1.165) is 29.6 Å². The molecular weight excluding hydrogens is 258 g/mol. The zero-order valence-electron chi connectivity index (χ0n) is 8.88. The molecule has 0 spiro atoms. The van der Waals surface area contributed by atoms with Gasteiger partial charge in [0.05, 0.1) is 10.2 Å². The van der Waals surface area contributed by atoms with Crippen LogP contribution in [0.4, 0.5) is 5.82 Å². The van der Waals surface area contributed by atoms with Gasteiger partial charge in [-0.1, -0.05) is 0 Å². The van der Waals surface area contributed by atoms with Crippen molar-refractivity contribution in [3.63, 3.8) is 0 Å². The summed E-state index contributed by atoms with van der Waals surface area (Å²) in [4.78, 5) is 8.71. The van der Waals surface area contributed by atoms with Crippen molar-refractivity contribution < 1.29 is 4.74 Å². The second-order valence-corrected chi connectivity index (χ2v) is 4.81. The molecule has 1 aliphatic heterocycles. The molecule has 4 nitrogen and oxygen atoms in total. The van der Waals surface area contributed by atoms with E-state index in [4.69, 9.17) is 10.5 Å². The lowest BCUT2D eigenvalue weighted by molar-refractivity contribution is 0.00929. The minimum Gasteiger partial charge on any atom is -0.383 e. The van der Waals surface area contributed by atoms with E-state index in [1.165, 1.54) is 0 Å². The van der Waals surface area contributed by atoms with Crippen LogP contribution in [0.5, 0.6) is 0 Å². The highest BCUT2D eigenvalue weighted by Crippen LogP contribution is 2.35. The van der Waals surface area contributed by atoms with Gasteiger partial charge in [-0.2, -0.15) is 0 Å². The topological polar surface area (TPSA) is 61.0 Å². The SMILES string of the molecule is Cc1nc(C2(C)CCCO2)nc(N)c1Br. The zero-order chi connectivity index (χ0) is 11.1. The third-order valence-electron chi connectivity index (χ3n) is 2.73. The van der Waals surface area contributed by atoms with Crippen LogP contribution in [0.15, 0.2) is 4.47 Å². The second kappa shape index (κ2) is 3.72. The molecular formula is C10H14BrN3O. The van der Waals surface area contributed by atoms with E-state index >= 15 is 0 Å². The highest BCUT2D eigenvalue weighted by atomic mass is 79.9. The average Bonchev–Trinajstić information content (AvgIpc) is 2.62. The third-order valence-corrected chi connectivity index (χ3v) is 3.71. The summed E-state index contributed by atoms with van der Waals surface area (Å²) in [6, 6.07) is 0. The molecule has 1 aromatic heterocycles. The van der Waals surface area contributed by atoms with E-state index in [1.54, 1.807) is 0 Å². The van der Waals surface area contributed by atoms with Gasteiger partial charge in [0.1, 0.15) is 11.4 Å². The molecule has 0 bridgehead atoms. The number of rotatable bonds is 1. The van der Waals surface area contributed by atoms with E-state index in [1.807, 2.05) is 13.8 Å². The maximum absolute atomic E-state index is 5.79. The monoisotopic (exact) mass is 271 g/mol. The lowest BCUT2D eigenvalue weighted by Gasteiger charge is -2.22. The summed E-state index contributed by atoms with van der Waals surface area (Å²) in [5, 5.41) is 0. The minimum atomic E-state index is -0.362. The number of nitrogens with two attached hydrogens (primary N) is 1. The van der Waals surface area contributed by atoms with Gasteiger partial charge in [0.25, 0.3) is 0 Å². The van der Waals surface area contributed by atoms with Gasteiger partial charge in [-0.3, -0.25) is 0 Å². The summed E-state index contributed by atoms with van der Waals surface area (Å²) < 4.78 is 6.45. The summed E-state index contributed by atoms with van der Waals surface area (Å²) in [7, 11) is 0. The number of ether oxygens (including phenoxy) is 1. The van der Waals surface area contributed by atoms with Gasteiger partial charge >= 0.3 is 0 Å². The van der Waals surface area contributed by atoms with E-state index < -0.39 is 0 Å². The Morgan fingerprint density at radius 2 is 2.20 bits per heavy atom. The number of nitrogen functional groups attached to an aromatic ring is 1. The Morgan fingerprint density at radius 1 is 1.47 bits per heavy atom. The fourth-order valence-corrected chi connectivity index (χ4v) is 1.95. The van der Waals surface area contributed by atoms with Crippen molar-refractivity contribution in [3.05, 3.63) is 16.0 Å². The molecule has 1 unspecified atom stereocenters. The van der Waals surface area contributed by atoms with Crippen LogP contribution in [0, 0.1) is 6.92 Å². The molecule has 0 saturated carbocycles. The minimum absolute atomic E-state index is 0.362. The van der Waals surface area contributed by atoms with E-state index in [0.29, 0.717) is 11.6 Å². The smallest absolute Gasteiger partial charge is 0.162 e. The predicted molar refractivity (Wildman–Crippen MR) is 61.4 cm³/mol. The summed E-state index contributed by atoms with van der Waals surface area (Å²) in [6.07, 6.45) is 2.00.